The maximum Gasteiger partial charge on any atom is 0.308 e. The Kier molecular flexibility index (Phi) is 5.79. The molecule has 0 aromatic heterocycles. The van der Waals surface area contributed by atoms with Gasteiger partial charge in [-0.3, -0.25) is 19.8 Å². The topological polar surface area (TPSA) is 84.9 Å². The number of halogens is 1. The number of carbonyl (C=O) groups is 3. The number of carbonyl (C=O) groups excluding carboxylic acids is 3. The van der Waals surface area contributed by atoms with E-state index < -0.39 is 17.8 Å². The van der Waals surface area contributed by atoms with Gasteiger partial charge in [0.05, 0.1) is 16.8 Å². The smallest absolute Gasteiger partial charge is 0.308 e. The lowest BCUT2D eigenvalue weighted by atomic mass is 10.1. The van der Waals surface area contributed by atoms with Gasteiger partial charge >= 0.3 is 5.97 Å². The summed E-state index contributed by atoms with van der Waals surface area (Å²) in [5, 5.41) is 1.19. The van der Waals surface area contributed by atoms with Gasteiger partial charge in [0, 0.05) is 6.92 Å². The fourth-order valence-corrected chi connectivity index (χ4v) is 3.20. The van der Waals surface area contributed by atoms with E-state index in [2.05, 4.69) is 21.4 Å². The van der Waals surface area contributed by atoms with Gasteiger partial charge in [-0.05, 0) is 58.8 Å². The summed E-state index contributed by atoms with van der Waals surface area (Å²) >= 11 is 3.34. The molecule has 1 aliphatic heterocycles. The Morgan fingerprint density at radius 1 is 1.21 bits per heavy atom. The van der Waals surface area contributed by atoms with Crippen molar-refractivity contribution in [3.63, 3.8) is 0 Å². The van der Waals surface area contributed by atoms with Crippen molar-refractivity contribution in [2.24, 2.45) is 0 Å². The number of ether oxygens (including phenoxy) is 2. The second-order valence-electron chi connectivity index (χ2n) is 5.83. The van der Waals surface area contributed by atoms with E-state index in [0.717, 1.165) is 0 Å². The maximum atomic E-state index is 12.7. The minimum absolute atomic E-state index is 0.0153. The Hall–Kier alpha value is -3.13. The van der Waals surface area contributed by atoms with Crippen molar-refractivity contribution in [3.05, 3.63) is 58.1 Å². The number of hydrazine groups is 1. The predicted molar refractivity (Wildman–Crippen MR) is 107 cm³/mol. The number of nitrogens with one attached hydrogen (secondary N) is 1. The first-order valence-electron chi connectivity index (χ1n) is 8.47. The van der Waals surface area contributed by atoms with Crippen LogP contribution in [0, 0.1) is 0 Å². The Labute approximate surface area is 170 Å². The van der Waals surface area contributed by atoms with E-state index in [9.17, 15) is 14.4 Å². The van der Waals surface area contributed by atoms with Crippen molar-refractivity contribution in [2.45, 2.75) is 13.8 Å². The zero-order valence-corrected chi connectivity index (χ0v) is 16.8. The third-order valence-electron chi connectivity index (χ3n) is 3.79. The maximum absolute atomic E-state index is 12.7. The Morgan fingerprint density at radius 3 is 2.57 bits per heavy atom. The van der Waals surface area contributed by atoms with Crippen LogP contribution >= 0.6 is 15.9 Å². The Morgan fingerprint density at radius 2 is 1.93 bits per heavy atom. The number of para-hydroxylation sites is 1. The van der Waals surface area contributed by atoms with Gasteiger partial charge in [0.25, 0.3) is 11.8 Å². The fraction of sp³-hybridized carbons (Fsp3) is 0.150. The number of anilines is 1. The second kappa shape index (κ2) is 8.26. The Bertz CT molecular complexity index is 972. The van der Waals surface area contributed by atoms with Crippen molar-refractivity contribution in [3.8, 4) is 11.5 Å². The molecule has 1 aliphatic rings. The van der Waals surface area contributed by atoms with Crippen LogP contribution in [-0.2, 0) is 14.4 Å². The summed E-state index contributed by atoms with van der Waals surface area (Å²) < 4.78 is 11.2. The van der Waals surface area contributed by atoms with Gasteiger partial charge in [-0.2, -0.15) is 0 Å². The molecule has 0 unspecified atom stereocenters. The second-order valence-corrected chi connectivity index (χ2v) is 6.69. The van der Waals surface area contributed by atoms with Crippen molar-refractivity contribution in [1.29, 1.82) is 0 Å². The fourth-order valence-electron chi connectivity index (χ4n) is 2.66. The molecule has 2 aromatic carbocycles. The van der Waals surface area contributed by atoms with E-state index in [0.29, 0.717) is 28.1 Å². The summed E-state index contributed by atoms with van der Waals surface area (Å²) in [6, 6.07) is 12.0. The molecule has 0 spiro atoms. The molecule has 2 aromatic rings. The van der Waals surface area contributed by atoms with Crippen molar-refractivity contribution in [2.75, 3.05) is 11.6 Å². The largest absolute Gasteiger partial charge is 0.490 e. The van der Waals surface area contributed by atoms with Crippen LogP contribution in [0.15, 0.2) is 52.5 Å². The van der Waals surface area contributed by atoms with E-state index in [1.165, 1.54) is 18.0 Å². The molecule has 0 saturated carbocycles. The van der Waals surface area contributed by atoms with E-state index in [1.54, 1.807) is 43.3 Å². The molecule has 0 aliphatic carbocycles. The van der Waals surface area contributed by atoms with Gasteiger partial charge < -0.3 is 9.47 Å². The standard InChI is InChI=1S/C20H17BrN2O5/c1-3-27-17-11-13(10-16(21)18(17)28-12(2)24)9-15-19(25)22-23(20(15)26)14-7-5-4-6-8-14/h4-11H,3H2,1-2H3,(H,22,25)/b15-9-. The highest BCUT2D eigenvalue weighted by atomic mass is 79.9. The molecule has 8 heteroatoms. The number of esters is 1. The SMILES string of the molecule is CCOc1cc(/C=C2/C(=O)NN(c3ccccc3)C2=O)cc(Br)c1OC(C)=O. The van der Waals surface area contributed by atoms with Crippen molar-refractivity contribution in [1.82, 2.24) is 5.43 Å². The van der Waals surface area contributed by atoms with Crippen LogP contribution in [0.4, 0.5) is 5.69 Å². The number of nitrogens with zero attached hydrogens (tertiary/aromatic N) is 1. The highest BCUT2D eigenvalue weighted by molar-refractivity contribution is 9.10. The van der Waals surface area contributed by atoms with E-state index in [1.807, 2.05) is 6.07 Å². The lowest BCUT2D eigenvalue weighted by molar-refractivity contribution is -0.132. The molecule has 2 amide bonds. The van der Waals surface area contributed by atoms with Crippen LogP contribution in [0.25, 0.3) is 6.08 Å². The summed E-state index contributed by atoms with van der Waals surface area (Å²) in [4.78, 5) is 36.3. The van der Waals surface area contributed by atoms with Crippen LogP contribution in [0.5, 0.6) is 11.5 Å². The molecule has 1 N–H and O–H groups in total. The van der Waals surface area contributed by atoms with E-state index >= 15 is 0 Å². The summed E-state index contributed by atoms with van der Waals surface area (Å²) in [6.45, 7) is 3.43. The third kappa shape index (κ3) is 4.07. The first-order chi connectivity index (χ1) is 13.4. The van der Waals surface area contributed by atoms with Crippen LogP contribution in [0.1, 0.15) is 19.4 Å². The molecule has 3 rings (SSSR count). The molecule has 1 heterocycles. The molecular formula is C20H17BrN2O5. The molecular weight excluding hydrogens is 428 g/mol. The van der Waals surface area contributed by atoms with Crippen molar-refractivity contribution < 1.29 is 23.9 Å². The van der Waals surface area contributed by atoms with E-state index in [4.69, 9.17) is 9.47 Å². The molecule has 0 atom stereocenters. The van der Waals surface area contributed by atoms with Crippen LogP contribution in [0.3, 0.4) is 0 Å². The minimum atomic E-state index is -0.507. The average molecular weight is 445 g/mol. The van der Waals surface area contributed by atoms with Crippen molar-refractivity contribution >= 4 is 45.5 Å². The summed E-state index contributed by atoms with van der Waals surface area (Å²) in [5.74, 6) is -0.896. The monoisotopic (exact) mass is 444 g/mol. The normalized spacial score (nSPS) is 15.0. The lowest BCUT2D eigenvalue weighted by Gasteiger charge is -2.14. The Balaban J connectivity index is 1.97. The molecule has 144 valence electrons. The summed E-state index contributed by atoms with van der Waals surface area (Å²) in [5.41, 5.74) is 3.63. The molecule has 1 saturated heterocycles. The van der Waals surface area contributed by atoms with E-state index in [-0.39, 0.29) is 11.3 Å². The first-order valence-corrected chi connectivity index (χ1v) is 9.27. The molecule has 1 fully saturated rings. The predicted octanol–water partition coefficient (Wildman–Crippen LogP) is 3.23. The zero-order valence-electron chi connectivity index (χ0n) is 15.2. The molecule has 0 bridgehead atoms. The quantitative estimate of drug-likeness (QED) is 0.331. The van der Waals surface area contributed by atoms with Gasteiger partial charge in [-0.15, -0.1) is 0 Å². The number of rotatable bonds is 5. The first kappa shape index (κ1) is 19.6. The van der Waals surface area contributed by atoms with Crippen LogP contribution in [-0.4, -0.2) is 24.4 Å². The minimum Gasteiger partial charge on any atom is -0.490 e. The van der Waals surface area contributed by atoms with Gasteiger partial charge in [-0.25, -0.2) is 5.01 Å². The number of benzene rings is 2. The van der Waals surface area contributed by atoms with Gasteiger partial charge in [0.1, 0.15) is 5.57 Å². The third-order valence-corrected chi connectivity index (χ3v) is 4.38. The van der Waals surface area contributed by atoms with Gasteiger partial charge in [0.15, 0.2) is 11.5 Å². The average Bonchev–Trinajstić information content (AvgIpc) is 2.93. The van der Waals surface area contributed by atoms with Crippen LogP contribution in [0.2, 0.25) is 0 Å². The number of amides is 2. The highest BCUT2D eigenvalue weighted by Gasteiger charge is 2.34. The molecule has 7 nitrogen and oxygen atoms in total. The van der Waals surface area contributed by atoms with Crippen LogP contribution < -0.4 is 19.9 Å². The summed E-state index contributed by atoms with van der Waals surface area (Å²) in [7, 11) is 0. The lowest BCUT2D eigenvalue weighted by Crippen LogP contribution is -2.35. The van der Waals surface area contributed by atoms with Gasteiger partial charge in [-0.1, -0.05) is 18.2 Å². The highest BCUT2D eigenvalue weighted by Crippen LogP contribution is 2.38. The number of hydrogen-bond donors (Lipinski definition) is 1. The zero-order chi connectivity index (χ0) is 20.3. The number of hydrogen-bond acceptors (Lipinski definition) is 5. The molecule has 28 heavy (non-hydrogen) atoms. The molecule has 0 radical (unpaired) electrons. The summed E-state index contributed by atoms with van der Waals surface area (Å²) in [6.07, 6.45) is 1.46. The van der Waals surface area contributed by atoms with Gasteiger partial charge in [0.2, 0.25) is 0 Å².